The van der Waals surface area contributed by atoms with Gasteiger partial charge in [-0.3, -0.25) is 4.79 Å². The van der Waals surface area contributed by atoms with Crippen molar-refractivity contribution >= 4 is 23.7 Å². The minimum Gasteiger partial charge on any atom is -0.480 e. The number of hydrogen-bond donors (Lipinski definition) is 3. The van der Waals surface area contributed by atoms with Gasteiger partial charge in [0, 0.05) is 12.1 Å². The van der Waals surface area contributed by atoms with Crippen LogP contribution in [0.5, 0.6) is 11.5 Å². The molecule has 160 valence electrons. The van der Waals surface area contributed by atoms with E-state index in [9.17, 15) is 19.5 Å². The van der Waals surface area contributed by atoms with Crippen LogP contribution in [0.4, 0.5) is 10.5 Å². The number of alkyl carbamates (subject to hydrolysis) is 1. The van der Waals surface area contributed by atoms with Gasteiger partial charge < -0.3 is 25.2 Å². The molecule has 0 bridgehead atoms. The molecule has 0 radical (unpaired) electrons. The Morgan fingerprint density at radius 1 is 0.967 bits per heavy atom. The molecule has 0 aromatic heterocycles. The summed E-state index contributed by atoms with van der Waals surface area (Å²) in [6.45, 7) is 5.02. The maximum Gasteiger partial charge on any atom is 0.408 e. The third kappa shape index (κ3) is 8.22. The SMILES string of the molecule is CC(C)(C)OC(=O)N[C@@H](CCC(=O)Nc1ccc(Oc2ccccc2)cc1)C(=O)O. The summed E-state index contributed by atoms with van der Waals surface area (Å²) >= 11 is 0. The molecule has 0 aliphatic rings. The molecule has 0 aliphatic heterocycles. The van der Waals surface area contributed by atoms with Crippen molar-refractivity contribution in [1.29, 1.82) is 0 Å². The molecular weight excluding hydrogens is 388 g/mol. The fourth-order valence-corrected chi connectivity index (χ4v) is 2.44. The van der Waals surface area contributed by atoms with Crippen LogP contribution in [0.2, 0.25) is 0 Å². The number of carbonyl (C=O) groups is 3. The third-order valence-electron chi connectivity index (χ3n) is 3.77. The summed E-state index contributed by atoms with van der Waals surface area (Å²) in [7, 11) is 0. The van der Waals surface area contributed by atoms with Gasteiger partial charge in [0.2, 0.25) is 5.91 Å². The molecule has 0 aliphatic carbocycles. The van der Waals surface area contributed by atoms with Gasteiger partial charge in [-0.2, -0.15) is 0 Å². The van der Waals surface area contributed by atoms with Crippen LogP contribution in [0.3, 0.4) is 0 Å². The van der Waals surface area contributed by atoms with Gasteiger partial charge >= 0.3 is 12.1 Å². The Hall–Kier alpha value is -3.55. The van der Waals surface area contributed by atoms with E-state index in [-0.39, 0.29) is 18.7 Å². The molecule has 2 aromatic carbocycles. The molecule has 0 spiro atoms. The van der Waals surface area contributed by atoms with Gasteiger partial charge in [-0.1, -0.05) is 18.2 Å². The van der Waals surface area contributed by atoms with Crippen LogP contribution in [0, 0.1) is 0 Å². The molecule has 2 amide bonds. The van der Waals surface area contributed by atoms with Crippen LogP contribution >= 0.6 is 0 Å². The number of nitrogens with one attached hydrogen (secondary N) is 2. The van der Waals surface area contributed by atoms with Crippen LogP contribution in [-0.4, -0.2) is 34.7 Å². The van der Waals surface area contributed by atoms with Crippen molar-refractivity contribution in [2.45, 2.75) is 45.3 Å². The number of carbonyl (C=O) groups excluding carboxylic acids is 2. The minimum absolute atomic E-state index is 0.0738. The number of para-hydroxylation sites is 1. The smallest absolute Gasteiger partial charge is 0.408 e. The van der Waals surface area contributed by atoms with Crippen molar-refractivity contribution < 1.29 is 29.0 Å². The number of aliphatic carboxylic acids is 1. The number of anilines is 1. The first-order chi connectivity index (χ1) is 14.1. The Kier molecular flexibility index (Phi) is 7.80. The lowest BCUT2D eigenvalue weighted by Gasteiger charge is -2.21. The average molecular weight is 414 g/mol. The number of carboxylic acids is 1. The summed E-state index contributed by atoms with van der Waals surface area (Å²) in [5.41, 5.74) is -0.201. The van der Waals surface area contributed by atoms with E-state index in [1.165, 1.54) is 0 Å². The van der Waals surface area contributed by atoms with E-state index < -0.39 is 23.7 Å². The summed E-state index contributed by atoms with van der Waals surface area (Å²) in [5, 5.41) is 14.2. The zero-order chi connectivity index (χ0) is 22.1. The van der Waals surface area contributed by atoms with Crippen molar-refractivity contribution in [3.8, 4) is 11.5 Å². The molecule has 2 rings (SSSR count). The van der Waals surface area contributed by atoms with E-state index in [2.05, 4.69) is 10.6 Å². The topological polar surface area (TPSA) is 114 Å². The Bertz CT molecular complexity index is 859. The second-order valence-corrected chi connectivity index (χ2v) is 7.56. The number of ether oxygens (including phenoxy) is 2. The van der Waals surface area contributed by atoms with Crippen molar-refractivity contribution in [3.63, 3.8) is 0 Å². The molecule has 8 heteroatoms. The molecule has 3 N–H and O–H groups in total. The molecule has 2 aromatic rings. The van der Waals surface area contributed by atoms with Crippen LogP contribution in [0.15, 0.2) is 54.6 Å². The predicted molar refractivity (Wildman–Crippen MR) is 112 cm³/mol. The van der Waals surface area contributed by atoms with Gasteiger partial charge in [-0.05, 0) is 63.6 Å². The van der Waals surface area contributed by atoms with Gasteiger partial charge in [0.15, 0.2) is 0 Å². The largest absolute Gasteiger partial charge is 0.480 e. The Balaban J connectivity index is 1.83. The summed E-state index contributed by atoms with van der Waals surface area (Å²) in [6, 6.07) is 14.9. The quantitative estimate of drug-likeness (QED) is 0.597. The average Bonchev–Trinajstić information content (AvgIpc) is 2.66. The number of amides is 2. The minimum atomic E-state index is -1.24. The highest BCUT2D eigenvalue weighted by molar-refractivity contribution is 5.91. The lowest BCUT2D eigenvalue weighted by Crippen LogP contribution is -2.43. The van der Waals surface area contributed by atoms with Gasteiger partial charge in [0.05, 0.1) is 0 Å². The van der Waals surface area contributed by atoms with E-state index in [1.807, 2.05) is 30.3 Å². The monoisotopic (exact) mass is 414 g/mol. The van der Waals surface area contributed by atoms with Gasteiger partial charge in [0.25, 0.3) is 0 Å². The Morgan fingerprint density at radius 2 is 1.57 bits per heavy atom. The molecule has 0 saturated carbocycles. The lowest BCUT2D eigenvalue weighted by molar-refractivity contribution is -0.139. The second-order valence-electron chi connectivity index (χ2n) is 7.56. The number of benzene rings is 2. The maximum absolute atomic E-state index is 12.2. The van der Waals surface area contributed by atoms with E-state index in [4.69, 9.17) is 9.47 Å². The summed E-state index contributed by atoms with van der Waals surface area (Å²) in [4.78, 5) is 35.3. The Morgan fingerprint density at radius 3 is 2.13 bits per heavy atom. The zero-order valence-electron chi connectivity index (χ0n) is 17.2. The van der Waals surface area contributed by atoms with Crippen molar-refractivity contribution in [2.24, 2.45) is 0 Å². The first kappa shape index (κ1) is 22.7. The van der Waals surface area contributed by atoms with Gasteiger partial charge in [0.1, 0.15) is 23.1 Å². The van der Waals surface area contributed by atoms with E-state index in [0.29, 0.717) is 17.2 Å². The highest BCUT2D eigenvalue weighted by Gasteiger charge is 2.24. The third-order valence-corrected chi connectivity index (χ3v) is 3.77. The van der Waals surface area contributed by atoms with Crippen LogP contribution < -0.4 is 15.4 Å². The first-order valence-electron chi connectivity index (χ1n) is 9.47. The van der Waals surface area contributed by atoms with Crippen molar-refractivity contribution in [3.05, 3.63) is 54.6 Å². The van der Waals surface area contributed by atoms with E-state index >= 15 is 0 Å². The lowest BCUT2D eigenvalue weighted by atomic mass is 10.1. The van der Waals surface area contributed by atoms with E-state index in [0.717, 1.165) is 0 Å². The predicted octanol–water partition coefficient (Wildman–Crippen LogP) is 4.18. The standard InChI is InChI=1S/C22H26N2O6/c1-22(2,3)30-21(28)24-18(20(26)27)13-14-19(25)23-15-9-11-17(12-10-15)29-16-7-5-4-6-8-16/h4-12,18H,13-14H2,1-3H3,(H,23,25)(H,24,28)(H,26,27)/t18-/m0/s1. The maximum atomic E-state index is 12.2. The van der Waals surface area contributed by atoms with Crippen molar-refractivity contribution in [1.82, 2.24) is 5.32 Å². The first-order valence-corrected chi connectivity index (χ1v) is 9.47. The van der Waals surface area contributed by atoms with Crippen LogP contribution in [0.25, 0.3) is 0 Å². The number of rotatable bonds is 8. The zero-order valence-corrected chi connectivity index (χ0v) is 17.2. The number of hydrogen-bond acceptors (Lipinski definition) is 5. The highest BCUT2D eigenvalue weighted by atomic mass is 16.6. The molecule has 1 atom stereocenters. The molecular formula is C22H26N2O6. The summed E-state index contributed by atoms with van der Waals surface area (Å²) in [5.74, 6) is -0.293. The van der Waals surface area contributed by atoms with Gasteiger partial charge in [-0.15, -0.1) is 0 Å². The van der Waals surface area contributed by atoms with E-state index in [1.54, 1.807) is 45.0 Å². The summed E-state index contributed by atoms with van der Waals surface area (Å²) < 4.78 is 10.7. The fraction of sp³-hybridized carbons (Fsp3) is 0.318. The molecule has 0 unspecified atom stereocenters. The molecule has 0 heterocycles. The highest BCUT2D eigenvalue weighted by Crippen LogP contribution is 2.22. The summed E-state index contributed by atoms with van der Waals surface area (Å²) in [6.07, 6.45) is -1.01. The molecule has 30 heavy (non-hydrogen) atoms. The normalized spacial score (nSPS) is 11.8. The fourth-order valence-electron chi connectivity index (χ4n) is 2.44. The Labute approximate surface area is 175 Å². The molecule has 0 fully saturated rings. The van der Waals surface area contributed by atoms with Gasteiger partial charge in [-0.25, -0.2) is 9.59 Å². The molecule has 8 nitrogen and oxygen atoms in total. The number of carboxylic acid groups (broad SMARTS) is 1. The van der Waals surface area contributed by atoms with Crippen LogP contribution in [0.1, 0.15) is 33.6 Å². The molecule has 0 saturated heterocycles. The second kappa shape index (κ2) is 10.3. The van der Waals surface area contributed by atoms with Crippen LogP contribution in [-0.2, 0) is 14.3 Å². The van der Waals surface area contributed by atoms with Crippen molar-refractivity contribution in [2.75, 3.05) is 5.32 Å².